The minimum Gasteiger partial charge on any atom is -0.390 e. The summed E-state index contributed by atoms with van der Waals surface area (Å²) in [6, 6.07) is 8.69. The molecule has 4 rings (SSSR count). The van der Waals surface area contributed by atoms with E-state index in [1.54, 1.807) is 39.9 Å². The number of aliphatic hydroxyl groups is 1. The van der Waals surface area contributed by atoms with Crippen molar-refractivity contribution >= 4 is 16.8 Å². The van der Waals surface area contributed by atoms with Crippen LogP contribution in [0.3, 0.4) is 0 Å². The second-order valence-corrected chi connectivity index (χ2v) is 5.67. The number of H-pyrrole nitrogens is 1. The van der Waals surface area contributed by atoms with Gasteiger partial charge in [-0.1, -0.05) is 12.1 Å². The van der Waals surface area contributed by atoms with Crippen molar-refractivity contribution in [3.05, 3.63) is 57.9 Å². The topological polar surface area (TPSA) is 104 Å². The fourth-order valence-corrected chi connectivity index (χ4v) is 2.91. The van der Waals surface area contributed by atoms with E-state index in [-0.39, 0.29) is 23.9 Å². The van der Waals surface area contributed by atoms with E-state index >= 15 is 0 Å². The Balaban J connectivity index is 1.66. The summed E-state index contributed by atoms with van der Waals surface area (Å²) in [7, 11) is 0. The highest BCUT2D eigenvalue weighted by molar-refractivity contribution is 5.92. The number of aromatic amines is 1. The van der Waals surface area contributed by atoms with Crippen LogP contribution in [0, 0.1) is 0 Å². The van der Waals surface area contributed by atoms with Crippen molar-refractivity contribution in [1.82, 2.24) is 24.6 Å². The number of amides is 1. The van der Waals surface area contributed by atoms with Crippen LogP contribution >= 0.6 is 0 Å². The molecule has 0 radical (unpaired) electrons. The Morgan fingerprint density at radius 2 is 2.12 bits per heavy atom. The molecule has 0 saturated carbocycles. The number of benzene rings is 1. The molecule has 1 aliphatic heterocycles. The molecule has 0 atom stereocenters. The predicted molar refractivity (Wildman–Crippen MR) is 85.3 cm³/mol. The molecule has 3 heterocycles. The smallest absolute Gasteiger partial charge is 0.290 e. The Labute approximate surface area is 136 Å². The Morgan fingerprint density at radius 3 is 2.96 bits per heavy atom. The standard InChI is InChI=1S/C16H15N5O3/c22-9-10-7-11-8-20(5-6-21(11)19-10)16(24)14-17-13-4-2-1-3-12(13)15(23)18-14/h1-4,7,22H,5-6,8-9H2,(H,17,18,23). The van der Waals surface area contributed by atoms with Gasteiger partial charge >= 0.3 is 0 Å². The summed E-state index contributed by atoms with van der Waals surface area (Å²) in [5.74, 6) is -0.287. The van der Waals surface area contributed by atoms with E-state index in [0.717, 1.165) is 5.69 Å². The lowest BCUT2D eigenvalue weighted by molar-refractivity contribution is 0.0693. The van der Waals surface area contributed by atoms with Crippen LogP contribution < -0.4 is 5.56 Å². The third-order valence-electron chi connectivity index (χ3n) is 4.11. The Hall–Kier alpha value is -3.00. The Morgan fingerprint density at radius 1 is 1.29 bits per heavy atom. The van der Waals surface area contributed by atoms with Gasteiger partial charge in [-0.3, -0.25) is 14.3 Å². The van der Waals surface area contributed by atoms with E-state index < -0.39 is 0 Å². The first-order chi connectivity index (χ1) is 11.7. The molecule has 3 aromatic rings. The Bertz CT molecular complexity index is 991. The van der Waals surface area contributed by atoms with Gasteiger partial charge in [0.2, 0.25) is 0 Å². The molecular weight excluding hydrogens is 310 g/mol. The summed E-state index contributed by atoms with van der Waals surface area (Å²) in [5, 5.41) is 13.9. The van der Waals surface area contributed by atoms with Gasteiger partial charge in [0, 0.05) is 6.54 Å². The number of aromatic nitrogens is 4. The van der Waals surface area contributed by atoms with Crippen molar-refractivity contribution in [2.75, 3.05) is 6.54 Å². The minimum absolute atomic E-state index is 0.0362. The number of hydrogen-bond donors (Lipinski definition) is 2. The van der Waals surface area contributed by atoms with Crippen LogP contribution in [0.1, 0.15) is 22.0 Å². The maximum atomic E-state index is 12.7. The maximum absolute atomic E-state index is 12.7. The van der Waals surface area contributed by atoms with Gasteiger partial charge in [-0.2, -0.15) is 5.10 Å². The molecule has 1 aromatic carbocycles. The zero-order valence-corrected chi connectivity index (χ0v) is 12.8. The molecule has 0 bridgehead atoms. The highest BCUT2D eigenvalue weighted by atomic mass is 16.3. The Kier molecular flexibility index (Phi) is 3.39. The molecule has 1 amide bonds. The molecule has 2 aromatic heterocycles. The summed E-state index contributed by atoms with van der Waals surface area (Å²) in [4.78, 5) is 33.3. The van der Waals surface area contributed by atoms with Crippen molar-refractivity contribution in [1.29, 1.82) is 0 Å². The lowest BCUT2D eigenvalue weighted by Gasteiger charge is -2.27. The molecule has 0 aliphatic carbocycles. The van der Waals surface area contributed by atoms with Crippen LogP contribution in [0.4, 0.5) is 0 Å². The van der Waals surface area contributed by atoms with E-state index in [9.17, 15) is 9.59 Å². The third-order valence-corrected chi connectivity index (χ3v) is 4.11. The largest absolute Gasteiger partial charge is 0.390 e. The van der Waals surface area contributed by atoms with Crippen molar-refractivity contribution in [2.24, 2.45) is 0 Å². The number of carbonyl (C=O) groups excluding carboxylic acids is 1. The molecular formula is C16H15N5O3. The predicted octanol–water partition coefficient (Wildman–Crippen LogP) is 0.268. The van der Waals surface area contributed by atoms with Gasteiger partial charge in [-0.25, -0.2) is 4.98 Å². The average Bonchev–Trinajstić information content (AvgIpc) is 3.03. The first-order valence-electron chi connectivity index (χ1n) is 7.60. The molecule has 122 valence electrons. The van der Waals surface area contributed by atoms with Gasteiger partial charge in [0.25, 0.3) is 11.5 Å². The normalized spacial score (nSPS) is 14.0. The monoisotopic (exact) mass is 325 g/mol. The summed E-state index contributed by atoms with van der Waals surface area (Å²) in [5.41, 5.74) is 1.60. The van der Waals surface area contributed by atoms with Crippen LogP contribution in [-0.2, 0) is 19.7 Å². The fourth-order valence-electron chi connectivity index (χ4n) is 2.91. The van der Waals surface area contributed by atoms with Crippen LogP contribution in [0.25, 0.3) is 10.9 Å². The SMILES string of the molecule is O=C(c1nc2ccccc2c(=O)[nH]1)N1CCn2nc(CO)cc2C1. The molecule has 2 N–H and O–H groups in total. The fraction of sp³-hybridized carbons (Fsp3) is 0.250. The molecule has 8 nitrogen and oxygen atoms in total. The number of para-hydroxylation sites is 1. The van der Waals surface area contributed by atoms with E-state index in [1.165, 1.54) is 0 Å². The maximum Gasteiger partial charge on any atom is 0.290 e. The second kappa shape index (κ2) is 5.57. The number of nitrogens with one attached hydrogen (secondary N) is 1. The van der Waals surface area contributed by atoms with Crippen molar-refractivity contribution in [3.8, 4) is 0 Å². The number of hydrogen-bond acceptors (Lipinski definition) is 5. The molecule has 8 heteroatoms. The highest BCUT2D eigenvalue weighted by Gasteiger charge is 2.25. The highest BCUT2D eigenvalue weighted by Crippen LogP contribution is 2.16. The van der Waals surface area contributed by atoms with Crippen molar-refractivity contribution < 1.29 is 9.90 Å². The molecule has 0 saturated heterocycles. The van der Waals surface area contributed by atoms with E-state index in [2.05, 4.69) is 15.1 Å². The summed E-state index contributed by atoms with van der Waals surface area (Å²) in [6.45, 7) is 1.24. The van der Waals surface area contributed by atoms with Crippen molar-refractivity contribution in [2.45, 2.75) is 19.7 Å². The second-order valence-electron chi connectivity index (χ2n) is 5.67. The molecule has 0 spiro atoms. The van der Waals surface area contributed by atoms with E-state index in [1.807, 2.05) is 0 Å². The zero-order valence-electron chi connectivity index (χ0n) is 12.8. The van der Waals surface area contributed by atoms with E-state index in [4.69, 9.17) is 5.11 Å². The van der Waals surface area contributed by atoms with Gasteiger partial charge in [0.15, 0.2) is 5.82 Å². The van der Waals surface area contributed by atoms with Gasteiger partial charge in [0.1, 0.15) is 0 Å². The molecule has 24 heavy (non-hydrogen) atoms. The summed E-state index contributed by atoms with van der Waals surface area (Å²) < 4.78 is 1.78. The summed E-state index contributed by atoms with van der Waals surface area (Å²) >= 11 is 0. The van der Waals surface area contributed by atoms with Gasteiger partial charge in [-0.15, -0.1) is 0 Å². The number of nitrogens with zero attached hydrogens (tertiary/aromatic N) is 4. The lowest BCUT2D eigenvalue weighted by Crippen LogP contribution is -2.39. The first kappa shape index (κ1) is 14.6. The van der Waals surface area contributed by atoms with Crippen LogP contribution in [-0.4, -0.2) is 42.2 Å². The van der Waals surface area contributed by atoms with Crippen LogP contribution in [0.5, 0.6) is 0 Å². The molecule has 0 unspecified atom stereocenters. The molecule has 0 fully saturated rings. The van der Waals surface area contributed by atoms with Gasteiger partial charge < -0.3 is 15.0 Å². The summed E-state index contributed by atoms with van der Waals surface area (Å²) in [6.07, 6.45) is 0. The number of fused-ring (bicyclic) bond motifs is 2. The number of aliphatic hydroxyl groups excluding tert-OH is 1. The number of carbonyl (C=O) groups is 1. The van der Waals surface area contributed by atoms with Gasteiger partial charge in [0.05, 0.1) is 42.0 Å². The number of rotatable bonds is 2. The first-order valence-corrected chi connectivity index (χ1v) is 7.60. The van der Waals surface area contributed by atoms with Gasteiger partial charge in [-0.05, 0) is 18.2 Å². The minimum atomic E-state index is -0.325. The van der Waals surface area contributed by atoms with Crippen LogP contribution in [0.2, 0.25) is 0 Å². The third kappa shape index (κ3) is 2.37. The average molecular weight is 325 g/mol. The zero-order chi connectivity index (χ0) is 16.7. The molecule has 1 aliphatic rings. The van der Waals surface area contributed by atoms with E-state index in [0.29, 0.717) is 36.2 Å². The lowest BCUT2D eigenvalue weighted by atomic mass is 10.2. The quantitative estimate of drug-likeness (QED) is 0.704. The van der Waals surface area contributed by atoms with Crippen molar-refractivity contribution in [3.63, 3.8) is 0 Å². The van der Waals surface area contributed by atoms with Crippen LogP contribution in [0.15, 0.2) is 35.1 Å².